The standard InChI is InChI=1S/C15H16N2O2S.ClH/c1-19-13-6-8-20-14(13)15(18)17-11-4-5-12-10(9-11)3-2-7-16-12;/h4-6,8-9,16H,2-3,7H2,1H3,(H,17,18);1H. The van der Waals surface area contributed by atoms with Gasteiger partial charge in [0.2, 0.25) is 0 Å². The Hall–Kier alpha value is -1.72. The Morgan fingerprint density at radius 1 is 1.38 bits per heavy atom. The summed E-state index contributed by atoms with van der Waals surface area (Å²) >= 11 is 1.38. The maximum Gasteiger partial charge on any atom is 0.269 e. The summed E-state index contributed by atoms with van der Waals surface area (Å²) in [6.07, 6.45) is 2.18. The molecule has 1 aliphatic heterocycles. The predicted molar refractivity (Wildman–Crippen MR) is 89.3 cm³/mol. The SMILES string of the molecule is COc1ccsc1C(=O)Nc1ccc2c(c1)CCCN2.Cl. The molecule has 1 amide bonds. The largest absolute Gasteiger partial charge is 0.495 e. The average molecular weight is 325 g/mol. The van der Waals surface area contributed by atoms with Gasteiger partial charge < -0.3 is 15.4 Å². The number of fused-ring (bicyclic) bond motifs is 1. The molecule has 1 aliphatic rings. The molecule has 0 bridgehead atoms. The molecule has 0 aliphatic carbocycles. The van der Waals surface area contributed by atoms with Crippen LogP contribution in [-0.4, -0.2) is 19.6 Å². The van der Waals surface area contributed by atoms with Crippen molar-refractivity contribution in [3.8, 4) is 5.75 Å². The van der Waals surface area contributed by atoms with Gasteiger partial charge in [-0.15, -0.1) is 23.7 Å². The molecule has 1 aromatic heterocycles. The predicted octanol–water partition coefficient (Wildman–Crippen LogP) is 3.79. The Kier molecular flexibility index (Phi) is 5.09. The third kappa shape index (κ3) is 3.31. The first-order valence-corrected chi connectivity index (χ1v) is 7.45. The monoisotopic (exact) mass is 324 g/mol. The van der Waals surface area contributed by atoms with Crippen LogP contribution in [0.2, 0.25) is 0 Å². The number of ether oxygens (including phenoxy) is 1. The number of carbonyl (C=O) groups excluding carboxylic acids is 1. The van der Waals surface area contributed by atoms with Gasteiger partial charge in [0, 0.05) is 17.9 Å². The average Bonchev–Trinajstić information content (AvgIpc) is 2.95. The van der Waals surface area contributed by atoms with Crippen LogP contribution in [0.5, 0.6) is 5.75 Å². The molecule has 0 saturated heterocycles. The molecule has 3 rings (SSSR count). The first kappa shape index (κ1) is 15.7. The maximum atomic E-state index is 12.2. The van der Waals surface area contributed by atoms with Crippen LogP contribution in [0.15, 0.2) is 29.6 Å². The second kappa shape index (κ2) is 6.83. The van der Waals surface area contributed by atoms with E-state index in [0.717, 1.165) is 25.1 Å². The number of amides is 1. The minimum Gasteiger partial charge on any atom is -0.495 e. The van der Waals surface area contributed by atoms with Crippen molar-refractivity contribution in [2.45, 2.75) is 12.8 Å². The Morgan fingerprint density at radius 2 is 2.24 bits per heavy atom. The zero-order chi connectivity index (χ0) is 13.9. The summed E-state index contributed by atoms with van der Waals surface area (Å²) in [5.74, 6) is 0.493. The molecule has 112 valence electrons. The minimum atomic E-state index is -0.124. The van der Waals surface area contributed by atoms with Crippen molar-refractivity contribution >= 4 is 41.0 Å². The van der Waals surface area contributed by atoms with E-state index in [1.807, 2.05) is 23.6 Å². The van der Waals surface area contributed by atoms with Gasteiger partial charge in [0.15, 0.2) is 0 Å². The normalized spacial score (nSPS) is 12.6. The summed E-state index contributed by atoms with van der Waals surface area (Å²) in [5, 5.41) is 8.14. The molecule has 0 spiro atoms. The first-order chi connectivity index (χ1) is 9.78. The fraction of sp³-hybridized carbons (Fsp3) is 0.267. The van der Waals surface area contributed by atoms with E-state index < -0.39 is 0 Å². The fourth-order valence-electron chi connectivity index (χ4n) is 2.36. The van der Waals surface area contributed by atoms with Crippen LogP contribution in [0.1, 0.15) is 21.7 Å². The molecule has 0 atom stereocenters. The smallest absolute Gasteiger partial charge is 0.269 e. The van der Waals surface area contributed by atoms with E-state index in [2.05, 4.69) is 10.6 Å². The number of thiophene rings is 1. The Morgan fingerprint density at radius 3 is 3.05 bits per heavy atom. The molecule has 0 saturated carbocycles. The lowest BCUT2D eigenvalue weighted by Gasteiger charge is -2.18. The summed E-state index contributed by atoms with van der Waals surface area (Å²) < 4.78 is 5.17. The van der Waals surface area contributed by atoms with Gasteiger partial charge in [0.25, 0.3) is 5.91 Å². The summed E-state index contributed by atoms with van der Waals surface area (Å²) in [5.41, 5.74) is 3.25. The van der Waals surface area contributed by atoms with Crippen molar-refractivity contribution in [2.24, 2.45) is 0 Å². The number of nitrogens with one attached hydrogen (secondary N) is 2. The van der Waals surface area contributed by atoms with Gasteiger partial charge in [-0.1, -0.05) is 0 Å². The zero-order valence-electron chi connectivity index (χ0n) is 11.6. The van der Waals surface area contributed by atoms with Gasteiger partial charge in [-0.2, -0.15) is 0 Å². The van der Waals surface area contributed by atoms with Crippen molar-refractivity contribution < 1.29 is 9.53 Å². The Balaban J connectivity index is 0.00000161. The number of hydrogen-bond donors (Lipinski definition) is 2. The van der Waals surface area contributed by atoms with Crippen LogP contribution in [0, 0.1) is 0 Å². The molecular formula is C15H17ClN2O2S. The van der Waals surface area contributed by atoms with E-state index in [-0.39, 0.29) is 18.3 Å². The van der Waals surface area contributed by atoms with E-state index in [1.165, 1.54) is 22.6 Å². The second-order valence-electron chi connectivity index (χ2n) is 4.67. The van der Waals surface area contributed by atoms with Gasteiger partial charge >= 0.3 is 0 Å². The lowest BCUT2D eigenvalue weighted by atomic mass is 10.0. The zero-order valence-corrected chi connectivity index (χ0v) is 13.3. The molecule has 2 heterocycles. The molecule has 1 aromatic carbocycles. The fourth-order valence-corrected chi connectivity index (χ4v) is 3.12. The van der Waals surface area contributed by atoms with Gasteiger partial charge in [-0.3, -0.25) is 4.79 Å². The third-order valence-corrected chi connectivity index (χ3v) is 4.25. The molecule has 4 nitrogen and oxygen atoms in total. The van der Waals surface area contributed by atoms with Gasteiger partial charge in [-0.25, -0.2) is 0 Å². The molecule has 0 fully saturated rings. The number of anilines is 2. The van der Waals surface area contributed by atoms with Crippen molar-refractivity contribution in [1.29, 1.82) is 0 Å². The topological polar surface area (TPSA) is 50.4 Å². The van der Waals surface area contributed by atoms with Gasteiger partial charge in [0.05, 0.1) is 7.11 Å². The Bertz CT molecular complexity index is 642. The summed E-state index contributed by atoms with van der Waals surface area (Å²) in [4.78, 5) is 12.8. The van der Waals surface area contributed by atoms with Crippen LogP contribution in [-0.2, 0) is 6.42 Å². The van der Waals surface area contributed by atoms with Crippen molar-refractivity contribution in [1.82, 2.24) is 0 Å². The Labute approximate surface area is 133 Å². The molecule has 6 heteroatoms. The number of aryl methyl sites for hydroxylation is 1. The van der Waals surface area contributed by atoms with Gasteiger partial charge in [-0.05, 0) is 48.1 Å². The number of benzene rings is 1. The van der Waals surface area contributed by atoms with Crippen LogP contribution in [0.4, 0.5) is 11.4 Å². The molecule has 0 radical (unpaired) electrons. The third-order valence-electron chi connectivity index (χ3n) is 3.36. The van der Waals surface area contributed by atoms with E-state index in [4.69, 9.17) is 4.74 Å². The van der Waals surface area contributed by atoms with E-state index in [0.29, 0.717) is 10.6 Å². The van der Waals surface area contributed by atoms with Gasteiger partial charge in [0.1, 0.15) is 10.6 Å². The first-order valence-electron chi connectivity index (χ1n) is 6.57. The van der Waals surface area contributed by atoms with Crippen molar-refractivity contribution in [2.75, 3.05) is 24.3 Å². The van der Waals surface area contributed by atoms with Crippen molar-refractivity contribution in [3.63, 3.8) is 0 Å². The van der Waals surface area contributed by atoms with E-state index >= 15 is 0 Å². The number of halogens is 1. The van der Waals surface area contributed by atoms with E-state index in [9.17, 15) is 4.79 Å². The number of carbonyl (C=O) groups is 1. The van der Waals surface area contributed by atoms with Crippen LogP contribution < -0.4 is 15.4 Å². The maximum absolute atomic E-state index is 12.2. The molecule has 2 N–H and O–H groups in total. The highest BCUT2D eigenvalue weighted by atomic mass is 35.5. The molecule has 0 unspecified atom stereocenters. The minimum absolute atomic E-state index is 0. The summed E-state index contributed by atoms with van der Waals surface area (Å²) in [6, 6.07) is 7.79. The molecule has 21 heavy (non-hydrogen) atoms. The summed E-state index contributed by atoms with van der Waals surface area (Å²) in [6.45, 7) is 1.02. The summed E-state index contributed by atoms with van der Waals surface area (Å²) in [7, 11) is 1.57. The second-order valence-corrected chi connectivity index (χ2v) is 5.59. The van der Waals surface area contributed by atoms with Crippen molar-refractivity contribution in [3.05, 3.63) is 40.1 Å². The van der Waals surface area contributed by atoms with Crippen LogP contribution >= 0.6 is 23.7 Å². The number of hydrogen-bond acceptors (Lipinski definition) is 4. The number of methoxy groups -OCH3 is 1. The lowest BCUT2D eigenvalue weighted by molar-refractivity contribution is 0.102. The lowest BCUT2D eigenvalue weighted by Crippen LogP contribution is -2.14. The van der Waals surface area contributed by atoms with Crippen LogP contribution in [0.25, 0.3) is 0 Å². The van der Waals surface area contributed by atoms with E-state index in [1.54, 1.807) is 13.2 Å². The highest BCUT2D eigenvalue weighted by Gasteiger charge is 2.15. The highest BCUT2D eigenvalue weighted by Crippen LogP contribution is 2.28. The highest BCUT2D eigenvalue weighted by molar-refractivity contribution is 7.12. The number of rotatable bonds is 3. The molecule has 2 aromatic rings. The van der Waals surface area contributed by atoms with Crippen LogP contribution in [0.3, 0.4) is 0 Å². The molecular weight excluding hydrogens is 308 g/mol. The quantitative estimate of drug-likeness (QED) is 0.903.